The lowest BCUT2D eigenvalue weighted by Crippen LogP contribution is -2.44. The molecule has 0 unspecified atom stereocenters. The van der Waals surface area contributed by atoms with E-state index in [0.717, 1.165) is 17.7 Å². The number of carbonyl (C=O) groups is 1. The summed E-state index contributed by atoms with van der Waals surface area (Å²) in [5.74, 6) is 1.40. The third kappa shape index (κ3) is 3.06. The Morgan fingerprint density at radius 3 is 2.87 bits per heavy atom. The van der Waals surface area contributed by atoms with Crippen LogP contribution in [0.15, 0.2) is 4.52 Å². The smallest absolute Gasteiger partial charge is 0.317 e. The van der Waals surface area contributed by atoms with Gasteiger partial charge in [0.2, 0.25) is 0 Å². The number of nitrogens with one attached hydrogen (secondary N) is 1. The predicted octanol–water partition coefficient (Wildman–Crippen LogP) is 1.50. The fourth-order valence-corrected chi connectivity index (χ4v) is 2.73. The van der Waals surface area contributed by atoms with Gasteiger partial charge in [-0.25, -0.2) is 4.79 Å². The maximum absolute atomic E-state index is 12.3. The Labute approximate surface area is 134 Å². The van der Waals surface area contributed by atoms with Crippen LogP contribution in [0.3, 0.4) is 0 Å². The Morgan fingerprint density at radius 1 is 1.43 bits per heavy atom. The first kappa shape index (κ1) is 15.5. The molecule has 0 radical (unpaired) electrons. The third-order valence-electron chi connectivity index (χ3n) is 3.92. The highest BCUT2D eigenvalue weighted by atomic mass is 16.5. The van der Waals surface area contributed by atoms with Crippen molar-refractivity contribution in [2.75, 3.05) is 13.1 Å². The number of hydrogen-bond acceptors (Lipinski definition) is 5. The summed E-state index contributed by atoms with van der Waals surface area (Å²) >= 11 is 0. The number of rotatable bonds is 3. The maximum atomic E-state index is 12.3. The predicted molar refractivity (Wildman–Crippen MR) is 83.6 cm³/mol. The molecule has 2 amide bonds. The van der Waals surface area contributed by atoms with Crippen LogP contribution in [-0.2, 0) is 20.0 Å². The van der Waals surface area contributed by atoms with Gasteiger partial charge in [-0.2, -0.15) is 10.1 Å². The van der Waals surface area contributed by atoms with Gasteiger partial charge in [0, 0.05) is 37.8 Å². The Hall–Kier alpha value is -2.38. The van der Waals surface area contributed by atoms with E-state index in [1.165, 1.54) is 0 Å². The van der Waals surface area contributed by atoms with Crippen molar-refractivity contribution < 1.29 is 9.32 Å². The molecule has 1 aliphatic rings. The Morgan fingerprint density at radius 2 is 2.22 bits per heavy atom. The lowest BCUT2D eigenvalue weighted by atomic mass is 10.1. The summed E-state index contributed by atoms with van der Waals surface area (Å²) in [5.41, 5.74) is 2.77. The molecule has 0 bridgehead atoms. The van der Waals surface area contributed by atoms with Crippen LogP contribution in [0, 0.1) is 12.8 Å². The van der Waals surface area contributed by atoms with Gasteiger partial charge in [-0.15, -0.1) is 0 Å². The molecule has 1 aliphatic heterocycles. The van der Waals surface area contributed by atoms with Crippen LogP contribution in [0.4, 0.5) is 4.79 Å². The molecule has 0 atom stereocenters. The molecule has 0 saturated heterocycles. The molecule has 23 heavy (non-hydrogen) atoms. The zero-order valence-corrected chi connectivity index (χ0v) is 14.0. The molecule has 0 saturated carbocycles. The van der Waals surface area contributed by atoms with E-state index < -0.39 is 0 Å². The number of nitrogens with zero attached hydrogens (tertiary/aromatic N) is 5. The Kier molecular flexibility index (Phi) is 4.06. The van der Waals surface area contributed by atoms with Gasteiger partial charge in [0.1, 0.15) is 0 Å². The summed E-state index contributed by atoms with van der Waals surface area (Å²) in [6.07, 6.45) is 0.765. The topological polar surface area (TPSA) is 89.1 Å². The molecular formula is C15H22N6O2. The minimum atomic E-state index is -0.0409. The van der Waals surface area contributed by atoms with Crippen molar-refractivity contribution in [3.63, 3.8) is 0 Å². The molecule has 2 aromatic rings. The number of aromatic nitrogens is 4. The van der Waals surface area contributed by atoms with Crippen molar-refractivity contribution in [2.24, 2.45) is 13.0 Å². The van der Waals surface area contributed by atoms with E-state index in [4.69, 9.17) is 4.52 Å². The highest BCUT2D eigenvalue weighted by Gasteiger charge is 2.29. The van der Waals surface area contributed by atoms with Gasteiger partial charge in [0.05, 0.1) is 6.54 Å². The quantitative estimate of drug-likeness (QED) is 0.926. The van der Waals surface area contributed by atoms with Crippen molar-refractivity contribution in [3.05, 3.63) is 17.1 Å². The van der Waals surface area contributed by atoms with Crippen LogP contribution < -0.4 is 5.32 Å². The fourth-order valence-electron chi connectivity index (χ4n) is 2.73. The van der Waals surface area contributed by atoms with Crippen LogP contribution in [0.1, 0.15) is 30.9 Å². The van der Waals surface area contributed by atoms with Gasteiger partial charge in [0.15, 0.2) is 11.5 Å². The molecule has 0 spiro atoms. The second kappa shape index (κ2) is 6.02. The molecule has 0 fully saturated rings. The van der Waals surface area contributed by atoms with E-state index in [1.54, 1.807) is 11.8 Å². The van der Waals surface area contributed by atoms with Crippen molar-refractivity contribution in [2.45, 2.75) is 33.7 Å². The lowest BCUT2D eigenvalue weighted by Gasteiger charge is -2.28. The van der Waals surface area contributed by atoms with Crippen molar-refractivity contribution >= 4 is 6.03 Å². The van der Waals surface area contributed by atoms with Crippen LogP contribution in [0.2, 0.25) is 0 Å². The monoisotopic (exact) mass is 318 g/mol. The molecule has 124 valence electrons. The van der Waals surface area contributed by atoms with E-state index in [1.807, 2.05) is 11.7 Å². The minimum absolute atomic E-state index is 0.0409. The summed E-state index contributed by atoms with van der Waals surface area (Å²) in [6.45, 7) is 7.78. The average Bonchev–Trinajstić information content (AvgIpc) is 3.08. The number of hydrogen-bond donors (Lipinski definition) is 1. The summed E-state index contributed by atoms with van der Waals surface area (Å²) in [4.78, 5) is 18.4. The molecule has 2 aromatic heterocycles. The number of amides is 2. The van der Waals surface area contributed by atoms with Gasteiger partial charge in [-0.1, -0.05) is 19.0 Å². The van der Waals surface area contributed by atoms with E-state index in [2.05, 4.69) is 34.4 Å². The number of urea groups is 1. The zero-order valence-electron chi connectivity index (χ0n) is 14.0. The normalized spacial score (nSPS) is 14.2. The highest BCUT2D eigenvalue weighted by molar-refractivity contribution is 5.75. The van der Waals surface area contributed by atoms with Crippen LogP contribution in [-0.4, -0.2) is 43.9 Å². The Balaban J connectivity index is 1.83. The molecule has 0 aromatic carbocycles. The second-order valence-electron chi connectivity index (χ2n) is 6.30. The molecular weight excluding hydrogens is 296 g/mol. The number of fused-ring (bicyclic) bond motifs is 1. The summed E-state index contributed by atoms with van der Waals surface area (Å²) < 4.78 is 7.09. The van der Waals surface area contributed by atoms with E-state index in [0.29, 0.717) is 43.0 Å². The molecule has 8 heteroatoms. The molecule has 8 nitrogen and oxygen atoms in total. The van der Waals surface area contributed by atoms with Crippen LogP contribution >= 0.6 is 0 Å². The molecule has 3 rings (SSSR count). The molecule has 1 N–H and O–H groups in total. The van der Waals surface area contributed by atoms with Crippen molar-refractivity contribution in [1.29, 1.82) is 0 Å². The number of aryl methyl sites for hydroxylation is 2. The number of carbonyl (C=O) groups excluding carboxylic acids is 1. The molecule has 3 heterocycles. The van der Waals surface area contributed by atoms with Crippen LogP contribution in [0.25, 0.3) is 11.6 Å². The average molecular weight is 318 g/mol. The SMILES string of the molecule is Cc1noc(-c2nn(C)c3c2CN(C(=O)NCC(C)C)CC3)n1. The van der Waals surface area contributed by atoms with E-state index in [-0.39, 0.29) is 6.03 Å². The standard InChI is InChI=1S/C15H22N6O2/c1-9(2)7-16-15(22)21-6-5-12-11(8-21)13(18-20(12)4)14-17-10(3)19-23-14/h9H,5-8H2,1-4H3,(H,16,22). The summed E-state index contributed by atoms with van der Waals surface area (Å²) in [7, 11) is 1.90. The van der Waals surface area contributed by atoms with Gasteiger partial charge in [-0.3, -0.25) is 4.68 Å². The van der Waals surface area contributed by atoms with Gasteiger partial charge in [0.25, 0.3) is 5.89 Å². The minimum Gasteiger partial charge on any atom is -0.338 e. The third-order valence-corrected chi connectivity index (χ3v) is 3.92. The second-order valence-corrected chi connectivity index (χ2v) is 6.30. The summed E-state index contributed by atoms with van der Waals surface area (Å²) in [6, 6.07) is -0.0409. The van der Waals surface area contributed by atoms with Gasteiger partial charge < -0.3 is 14.7 Å². The largest absolute Gasteiger partial charge is 0.338 e. The first-order valence-corrected chi connectivity index (χ1v) is 7.84. The lowest BCUT2D eigenvalue weighted by molar-refractivity contribution is 0.190. The Bertz CT molecular complexity index is 718. The van der Waals surface area contributed by atoms with E-state index >= 15 is 0 Å². The highest BCUT2D eigenvalue weighted by Crippen LogP contribution is 2.28. The zero-order chi connectivity index (χ0) is 16.6. The fraction of sp³-hybridized carbons (Fsp3) is 0.600. The van der Waals surface area contributed by atoms with Crippen LogP contribution in [0.5, 0.6) is 0 Å². The van der Waals surface area contributed by atoms with Gasteiger partial charge in [-0.05, 0) is 12.8 Å². The van der Waals surface area contributed by atoms with Gasteiger partial charge >= 0.3 is 6.03 Å². The summed E-state index contributed by atoms with van der Waals surface area (Å²) in [5, 5.41) is 11.3. The first-order valence-electron chi connectivity index (χ1n) is 7.84. The molecule has 0 aliphatic carbocycles. The first-order chi connectivity index (χ1) is 11.0. The maximum Gasteiger partial charge on any atom is 0.317 e. The van der Waals surface area contributed by atoms with Crippen molar-refractivity contribution in [1.82, 2.24) is 30.1 Å². The van der Waals surface area contributed by atoms with E-state index in [9.17, 15) is 4.79 Å². The van der Waals surface area contributed by atoms with Crippen molar-refractivity contribution in [3.8, 4) is 11.6 Å².